The molecule has 2 aromatic heterocycles. The van der Waals surface area contributed by atoms with Gasteiger partial charge in [0.15, 0.2) is 0 Å². The first-order valence-corrected chi connectivity index (χ1v) is 5.94. The lowest BCUT2D eigenvalue weighted by Crippen LogP contribution is -2.06. The van der Waals surface area contributed by atoms with Crippen LogP contribution in [0.2, 0.25) is 0 Å². The summed E-state index contributed by atoms with van der Waals surface area (Å²) in [6, 6.07) is 5.35. The minimum absolute atomic E-state index is 0.0671. The van der Waals surface area contributed by atoms with E-state index in [1.165, 1.54) is 6.20 Å². The Kier molecular flexibility index (Phi) is 5.20. The molecule has 0 radical (unpaired) electrons. The number of aryl methyl sites for hydroxylation is 2. The van der Waals surface area contributed by atoms with E-state index in [2.05, 4.69) is 9.97 Å². The van der Waals surface area contributed by atoms with Crippen molar-refractivity contribution in [1.82, 2.24) is 9.97 Å². The van der Waals surface area contributed by atoms with E-state index in [0.717, 1.165) is 5.56 Å². The van der Waals surface area contributed by atoms with E-state index in [9.17, 15) is 4.79 Å². The van der Waals surface area contributed by atoms with Crippen molar-refractivity contribution >= 4 is 17.6 Å². The molecule has 0 aliphatic carbocycles. The van der Waals surface area contributed by atoms with Crippen molar-refractivity contribution in [1.29, 1.82) is 5.26 Å². The molecule has 0 fully saturated rings. The Labute approximate surface area is 121 Å². The topological polar surface area (TPSA) is 139 Å². The number of aromatic nitrogens is 2. The van der Waals surface area contributed by atoms with Crippen LogP contribution in [0.25, 0.3) is 0 Å². The first-order valence-electron chi connectivity index (χ1n) is 5.94. The van der Waals surface area contributed by atoms with Gasteiger partial charge in [-0.3, -0.25) is 0 Å². The Bertz CT molecular complexity index is 666. The molecule has 2 aromatic rings. The lowest BCUT2D eigenvalue weighted by molar-refractivity contribution is 0.0697. The van der Waals surface area contributed by atoms with Gasteiger partial charge in [0.2, 0.25) is 0 Å². The van der Waals surface area contributed by atoms with Gasteiger partial charge in [-0.2, -0.15) is 5.26 Å². The highest BCUT2D eigenvalue weighted by Crippen LogP contribution is 2.12. The maximum Gasteiger partial charge on any atom is 0.339 e. The van der Waals surface area contributed by atoms with Crippen LogP contribution in [0, 0.1) is 25.2 Å². The number of pyridine rings is 2. The summed E-state index contributed by atoms with van der Waals surface area (Å²) in [5.74, 6) is -0.659. The van der Waals surface area contributed by atoms with Gasteiger partial charge in [0.25, 0.3) is 0 Å². The van der Waals surface area contributed by atoms with E-state index >= 15 is 0 Å². The Morgan fingerprint density at radius 2 is 1.67 bits per heavy atom. The summed E-state index contributed by atoms with van der Waals surface area (Å²) in [4.78, 5) is 17.9. The fourth-order valence-electron chi connectivity index (χ4n) is 1.58. The lowest BCUT2D eigenvalue weighted by atomic mass is 10.1. The summed E-state index contributed by atoms with van der Waals surface area (Å²) in [6.07, 6.45) is 3.07. The van der Waals surface area contributed by atoms with Crippen molar-refractivity contribution in [2.45, 2.75) is 13.8 Å². The van der Waals surface area contributed by atoms with Crippen molar-refractivity contribution in [3.05, 3.63) is 46.8 Å². The van der Waals surface area contributed by atoms with Crippen molar-refractivity contribution in [3.63, 3.8) is 0 Å². The lowest BCUT2D eigenvalue weighted by Gasteiger charge is -2.01. The fourth-order valence-corrected chi connectivity index (χ4v) is 1.58. The van der Waals surface area contributed by atoms with Crippen molar-refractivity contribution in [2.24, 2.45) is 0 Å². The highest BCUT2D eigenvalue weighted by Gasteiger charge is 2.10. The number of nitriles is 1. The normalized spacial score (nSPS) is 9.19. The van der Waals surface area contributed by atoms with Crippen LogP contribution >= 0.6 is 0 Å². The number of carboxylic acid groups (broad SMARTS) is 1. The van der Waals surface area contributed by atoms with Gasteiger partial charge in [0.1, 0.15) is 23.3 Å². The molecule has 0 aliphatic rings. The largest absolute Gasteiger partial charge is 0.478 e. The third-order valence-corrected chi connectivity index (χ3v) is 2.70. The van der Waals surface area contributed by atoms with Crippen LogP contribution in [-0.4, -0.2) is 21.0 Å². The smallest absolute Gasteiger partial charge is 0.339 e. The molecule has 5 N–H and O–H groups in total. The zero-order valence-electron chi connectivity index (χ0n) is 11.7. The van der Waals surface area contributed by atoms with Gasteiger partial charge in [-0.15, -0.1) is 0 Å². The van der Waals surface area contributed by atoms with E-state index in [1.54, 1.807) is 25.3 Å². The molecule has 7 nitrogen and oxygen atoms in total. The summed E-state index contributed by atoms with van der Waals surface area (Å²) >= 11 is 0. The van der Waals surface area contributed by atoms with Gasteiger partial charge in [0, 0.05) is 12.4 Å². The van der Waals surface area contributed by atoms with Gasteiger partial charge < -0.3 is 16.6 Å². The molecule has 0 saturated heterocycles. The standard InChI is InChI=1S/C7H7N3.C7H8N2O2/c1-5-2-3-10-7(9)6(5)4-8;1-4-2-3-9-6(8)5(4)7(10)11/h2-3H,1H3,(H2,9,10);2-3H,1H3,(H2,8,9)(H,10,11). The molecular weight excluding hydrogens is 270 g/mol. The first kappa shape index (κ1) is 15.9. The Morgan fingerprint density at radius 1 is 1.14 bits per heavy atom. The van der Waals surface area contributed by atoms with Crippen LogP contribution in [0.1, 0.15) is 27.0 Å². The highest BCUT2D eigenvalue weighted by atomic mass is 16.4. The molecule has 21 heavy (non-hydrogen) atoms. The second-order valence-electron chi connectivity index (χ2n) is 4.19. The highest BCUT2D eigenvalue weighted by molar-refractivity contribution is 5.94. The maximum absolute atomic E-state index is 10.5. The number of aromatic carboxylic acids is 1. The van der Waals surface area contributed by atoms with Crippen molar-refractivity contribution in [2.75, 3.05) is 11.5 Å². The predicted octanol–water partition coefficient (Wildman–Crippen LogP) is 1.51. The van der Waals surface area contributed by atoms with Crippen LogP contribution in [0.4, 0.5) is 11.6 Å². The average Bonchev–Trinajstić information content (AvgIpc) is 2.39. The van der Waals surface area contributed by atoms with Crippen molar-refractivity contribution in [3.8, 4) is 6.07 Å². The van der Waals surface area contributed by atoms with Gasteiger partial charge in [0.05, 0.1) is 5.56 Å². The zero-order valence-corrected chi connectivity index (χ0v) is 11.7. The van der Waals surface area contributed by atoms with E-state index in [1.807, 2.05) is 13.0 Å². The van der Waals surface area contributed by atoms with E-state index in [4.69, 9.17) is 21.8 Å². The van der Waals surface area contributed by atoms with Gasteiger partial charge in [-0.25, -0.2) is 14.8 Å². The molecule has 0 saturated carbocycles. The van der Waals surface area contributed by atoms with Crippen LogP contribution in [0.5, 0.6) is 0 Å². The number of carboxylic acids is 1. The Balaban J connectivity index is 0.000000211. The number of nitrogens with zero attached hydrogens (tertiary/aromatic N) is 3. The minimum atomic E-state index is -1.03. The molecule has 0 atom stereocenters. The maximum atomic E-state index is 10.5. The number of hydrogen-bond donors (Lipinski definition) is 3. The van der Waals surface area contributed by atoms with Crippen molar-refractivity contribution < 1.29 is 9.90 Å². The molecule has 2 rings (SSSR count). The average molecular weight is 285 g/mol. The molecule has 0 unspecified atom stereocenters. The summed E-state index contributed by atoms with van der Waals surface area (Å²) in [7, 11) is 0. The molecule has 0 amide bonds. The summed E-state index contributed by atoms with van der Waals surface area (Å²) < 4.78 is 0. The molecule has 0 aromatic carbocycles. The summed E-state index contributed by atoms with van der Waals surface area (Å²) in [6.45, 7) is 3.51. The minimum Gasteiger partial charge on any atom is -0.478 e. The van der Waals surface area contributed by atoms with Crippen LogP contribution in [-0.2, 0) is 0 Å². The third-order valence-electron chi connectivity index (χ3n) is 2.70. The van der Waals surface area contributed by atoms with Crippen LogP contribution < -0.4 is 11.5 Å². The quantitative estimate of drug-likeness (QED) is 0.721. The number of carbonyl (C=O) groups is 1. The number of hydrogen-bond acceptors (Lipinski definition) is 6. The van der Waals surface area contributed by atoms with E-state index in [-0.39, 0.29) is 11.4 Å². The summed E-state index contributed by atoms with van der Waals surface area (Å²) in [5.41, 5.74) is 12.8. The van der Waals surface area contributed by atoms with Gasteiger partial charge in [-0.05, 0) is 37.1 Å². The molecular formula is C14H15N5O2. The van der Waals surface area contributed by atoms with E-state index in [0.29, 0.717) is 16.9 Å². The van der Waals surface area contributed by atoms with Gasteiger partial charge in [-0.1, -0.05) is 0 Å². The Morgan fingerprint density at radius 3 is 2.00 bits per heavy atom. The molecule has 7 heteroatoms. The number of nitrogen functional groups attached to an aromatic ring is 2. The molecule has 108 valence electrons. The third kappa shape index (κ3) is 3.91. The molecule has 2 heterocycles. The van der Waals surface area contributed by atoms with E-state index < -0.39 is 5.97 Å². The second-order valence-corrected chi connectivity index (χ2v) is 4.19. The van der Waals surface area contributed by atoms with Crippen LogP contribution in [0.15, 0.2) is 24.5 Å². The monoisotopic (exact) mass is 285 g/mol. The molecule has 0 spiro atoms. The van der Waals surface area contributed by atoms with Gasteiger partial charge >= 0.3 is 5.97 Å². The number of nitrogens with two attached hydrogens (primary N) is 2. The fraction of sp³-hybridized carbons (Fsp3) is 0.143. The number of anilines is 2. The SMILES string of the molecule is Cc1ccnc(N)c1C#N.Cc1ccnc(N)c1C(=O)O. The zero-order chi connectivity index (χ0) is 16.0. The number of rotatable bonds is 1. The molecule has 0 bridgehead atoms. The molecule has 0 aliphatic heterocycles. The van der Waals surface area contributed by atoms with Crippen LogP contribution in [0.3, 0.4) is 0 Å². The predicted molar refractivity (Wildman–Crippen MR) is 78.4 cm³/mol. The second kappa shape index (κ2) is 6.86. The summed E-state index contributed by atoms with van der Waals surface area (Å²) in [5, 5.41) is 17.2. The Hall–Kier alpha value is -3.14. The first-order chi connectivity index (χ1) is 9.88.